The number of amides is 2. The van der Waals surface area contributed by atoms with E-state index in [1.54, 1.807) is 36.4 Å². The molecule has 2 aromatic carbocycles. The Kier molecular flexibility index (Phi) is 9.07. The van der Waals surface area contributed by atoms with Gasteiger partial charge in [-0.25, -0.2) is 0 Å². The van der Waals surface area contributed by atoms with Crippen LogP contribution < -0.4 is 10.6 Å². The predicted octanol–water partition coefficient (Wildman–Crippen LogP) is 4.40. The zero-order chi connectivity index (χ0) is 22.1. The fourth-order valence-corrected chi connectivity index (χ4v) is 3.24. The van der Waals surface area contributed by atoms with E-state index in [1.165, 1.54) is 19.1 Å². The molecule has 6 nitrogen and oxygen atoms in total. The average Bonchev–Trinajstić information content (AvgIpc) is 2.67. The molecule has 0 bridgehead atoms. The molecule has 0 aliphatic heterocycles. The Morgan fingerprint density at radius 1 is 1.10 bits per heavy atom. The van der Waals surface area contributed by atoms with Gasteiger partial charge in [0.15, 0.2) is 6.61 Å². The van der Waals surface area contributed by atoms with E-state index in [0.29, 0.717) is 22.3 Å². The van der Waals surface area contributed by atoms with Gasteiger partial charge in [0.05, 0.1) is 18.2 Å². The van der Waals surface area contributed by atoms with Gasteiger partial charge in [0.2, 0.25) is 5.91 Å². The number of hydrogen-bond donors (Lipinski definition) is 2. The van der Waals surface area contributed by atoms with Gasteiger partial charge in [-0.3, -0.25) is 14.4 Å². The number of para-hydroxylation sites is 1. The third kappa shape index (κ3) is 8.00. The minimum atomic E-state index is -2.64. The van der Waals surface area contributed by atoms with Crippen molar-refractivity contribution in [1.82, 2.24) is 5.32 Å². The number of carbonyl (C=O) groups is 3. The molecule has 0 saturated carbocycles. The maximum atomic E-state index is 12.6. The van der Waals surface area contributed by atoms with Crippen molar-refractivity contribution in [1.29, 1.82) is 0 Å². The second-order valence-electron chi connectivity index (χ2n) is 6.09. The van der Waals surface area contributed by atoms with Crippen LogP contribution in [0.4, 0.5) is 14.5 Å². The zero-order valence-electron chi connectivity index (χ0n) is 15.9. The van der Waals surface area contributed by atoms with Gasteiger partial charge in [0.25, 0.3) is 11.7 Å². The first-order valence-electron chi connectivity index (χ1n) is 8.76. The van der Waals surface area contributed by atoms with Crippen LogP contribution in [0.5, 0.6) is 0 Å². The third-order valence-corrected chi connectivity index (χ3v) is 4.80. The first-order valence-corrected chi connectivity index (χ1v) is 10.0. The molecular formula is C20H19ClF2N2O4S. The molecule has 0 aliphatic carbocycles. The summed E-state index contributed by atoms with van der Waals surface area (Å²) in [5.74, 6) is -4.37. The molecule has 0 saturated heterocycles. The van der Waals surface area contributed by atoms with Gasteiger partial charge in [0, 0.05) is 16.8 Å². The summed E-state index contributed by atoms with van der Waals surface area (Å²) in [6, 6.07) is 12.0. The predicted molar refractivity (Wildman–Crippen MR) is 111 cm³/mol. The molecule has 2 aromatic rings. The molecule has 0 radical (unpaired) electrons. The molecule has 0 spiro atoms. The Morgan fingerprint density at radius 3 is 2.40 bits per heavy atom. The lowest BCUT2D eigenvalue weighted by Crippen LogP contribution is -2.29. The molecule has 30 heavy (non-hydrogen) atoms. The monoisotopic (exact) mass is 456 g/mol. The van der Waals surface area contributed by atoms with Gasteiger partial charge in [-0.2, -0.15) is 8.78 Å². The summed E-state index contributed by atoms with van der Waals surface area (Å²) < 4.78 is 30.2. The van der Waals surface area contributed by atoms with Gasteiger partial charge in [-0.1, -0.05) is 47.6 Å². The SMILES string of the molecule is CC(=O)NC(CC(=O)OCC(=O)Nc1ccccc1SC(F)F)c1ccc(Cl)cc1. The number of rotatable bonds is 9. The van der Waals surface area contributed by atoms with Crippen LogP contribution in [-0.2, 0) is 19.1 Å². The van der Waals surface area contributed by atoms with Crippen molar-refractivity contribution in [2.75, 3.05) is 11.9 Å². The molecule has 0 heterocycles. The fraction of sp³-hybridized carbons (Fsp3) is 0.250. The topological polar surface area (TPSA) is 84.5 Å². The fourth-order valence-electron chi connectivity index (χ4n) is 2.52. The van der Waals surface area contributed by atoms with E-state index in [-0.39, 0.29) is 22.9 Å². The first-order chi connectivity index (χ1) is 14.2. The van der Waals surface area contributed by atoms with E-state index < -0.39 is 30.3 Å². The number of benzene rings is 2. The van der Waals surface area contributed by atoms with Crippen LogP contribution in [0.2, 0.25) is 5.02 Å². The molecule has 10 heteroatoms. The third-order valence-electron chi connectivity index (χ3n) is 3.76. The zero-order valence-corrected chi connectivity index (χ0v) is 17.4. The van der Waals surface area contributed by atoms with E-state index in [4.69, 9.17) is 16.3 Å². The number of anilines is 1. The van der Waals surface area contributed by atoms with Crippen LogP contribution in [0.25, 0.3) is 0 Å². The van der Waals surface area contributed by atoms with Crippen LogP contribution in [0.15, 0.2) is 53.4 Å². The Labute approximate surface area is 181 Å². The largest absolute Gasteiger partial charge is 0.455 e. The number of nitrogens with one attached hydrogen (secondary N) is 2. The summed E-state index contributed by atoms with van der Waals surface area (Å²) in [6.45, 7) is 0.719. The van der Waals surface area contributed by atoms with Crippen molar-refractivity contribution >= 4 is 46.8 Å². The molecule has 160 valence electrons. The molecule has 1 unspecified atom stereocenters. The van der Waals surface area contributed by atoms with Crippen LogP contribution >= 0.6 is 23.4 Å². The van der Waals surface area contributed by atoms with Crippen LogP contribution in [0.1, 0.15) is 24.9 Å². The van der Waals surface area contributed by atoms with Crippen molar-refractivity contribution in [2.24, 2.45) is 0 Å². The second-order valence-corrected chi connectivity index (χ2v) is 7.56. The maximum absolute atomic E-state index is 12.6. The molecule has 0 fully saturated rings. The highest BCUT2D eigenvalue weighted by Crippen LogP contribution is 2.31. The Morgan fingerprint density at radius 2 is 1.77 bits per heavy atom. The maximum Gasteiger partial charge on any atom is 0.308 e. The van der Waals surface area contributed by atoms with E-state index in [9.17, 15) is 23.2 Å². The molecule has 2 amide bonds. The lowest BCUT2D eigenvalue weighted by Gasteiger charge is -2.18. The number of alkyl halides is 2. The summed E-state index contributed by atoms with van der Waals surface area (Å²) in [6.07, 6.45) is -0.202. The molecule has 2 N–H and O–H groups in total. The minimum Gasteiger partial charge on any atom is -0.455 e. The smallest absolute Gasteiger partial charge is 0.308 e. The summed E-state index contributed by atoms with van der Waals surface area (Å²) in [4.78, 5) is 35.9. The second kappa shape index (κ2) is 11.5. The number of thioether (sulfide) groups is 1. The van der Waals surface area contributed by atoms with E-state index in [1.807, 2.05) is 0 Å². The number of esters is 1. The minimum absolute atomic E-state index is 0.195. The van der Waals surface area contributed by atoms with Gasteiger partial charge in [-0.15, -0.1) is 0 Å². The van der Waals surface area contributed by atoms with Crippen molar-refractivity contribution in [3.63, 3.8) is 0 Å². The Hall–Kier alpha value is -2.65. The summed E-state index contributed by atoms with van der Waals surface area (Å²) in [7, 11) is 0. The van der Waals surface area contributed by atoms with Crippen molar-refractivity contribution in [3.8, 4) is 0 Å². The Balaban J connectivity index is 1.93. The lowest BCUT2D eigenvalue weighted by molar-refractivity contribution is -0.148. The Bertz CT molecular complexity index is 897. The van der Waals surface area contributed by atoms with Crippen LogP contribution in [0, 0.1) is 0 Å². The highest BCUT2D eigenvalue weighted by Gasteiger charge is 2.19. The van der Waals surface area contributed by atoms with Crippen molar-refractivity contribution in [2.45, 2.75) is 30.0 Å². The molecule has 2 rings (SSSR count). The van der Waals surface area contributed by atoms with Gasteiger partial charge < -0.3 is 15.4 Å². The first kappa shape index (κ1) is 23.6. The van der Waals surface area contributed by atoms with Crippen molar-refractivity contribution in [3.05, 3.63) is 59.1 Å². The number of hydrogen-bond acceptors (Lipinski definition) is 5. The lowest BCUT2D eigenvalue weighted by atomic mass is 10.0. The normalized spacial score (nSPS) is 11.6. The van der Waals surface area contributed by atoms with E-state index in [2.05, 4.69) is 10.6 Å². The number of ether oxygens (including phenoxy) is 1. The number of carbonyl (C=O) groups excluding carboxylic acids is 3. The summed E-state index contributed by atoms with van der Waals surface area (Å²) in [5.41, 5.74) is 0.843. The molecular weight excluding hydrogens is 438 g/mol. The molecule has 0 aromatic heterocycles. The van der Waals surface area contributed by atoms with E-state index in [0.717, 1.165) is 0 Å². The highest BCUT2D eigenvalue weighted by atomic mass is 35.5. The molecule has 1 atom stereocenters. The molecule has 0 aliphatic rings. The number of halogens is 3. The van der Waals surface area contributed by atoms with Crippen LogP contribution in [0.3, 0.4) is 0 Å². The van der Waals surface area contributed by atoms with Gasteiger partial charge in [-0.05, 0) is 29.8 Å². The van der Waals surface area contributed by atoms with Gasteiger partial charge in [0.1, 0.15) is 0 Å². The van der Waals surface area contributed by atoms with E-state index >= 15 is 0 Å². The average molecular weight is 457 g/mol. The standard InChI is InChI=1S/C20H19ClF2N2O4S/c1-12(26)24-16(13-6-8-14(21)9-7-13)10-19(28)29-11-18(27)25-15-4-2-3-5-17(15)30-20(22)23/h2-9,16,20H,10-11H2,1H3,(H,24,26)(H,25,27). The van der Waals surface area contributed by atoms with Crippen molar-refractivity contribution < 1.29 is 27.9 Å². The van der Waals surface area contributed by atoms with Gasteiger partial charge >= 0.3 is 5.97 Å². The quantitative estimate of drug-likeness (QED) is 0.431. The summed E-state index contributed by atoms with van der Waals surface area (Å²) in [5, 5.41) is 5.59. The van der Waals surface area contributed by atoms with Crippen LogP contribution in [-0.4, -0.2) is 30.1 Å². The highest BCUT2D eigenvalue weighted by molar-refractivity contribution is 7.99. The summed E-state index contributed by atoms with van der Waals surface area (Å²) >= 11 is 6.15.